The Morgan fingerprint density at radius 3 is 2.45 bits per heavy atom. The minimum Gasteiger partial charge on any atom is -0.277 e. The molecular weight excluding hydrogens is 356 g/mol. The van der Waals surface area contributed by atoms with E-state index < -0.39 is 0 Å². The van der Waals surface area contributed by atoms with Gasteiger partial charge in [-0.05, 0) is 60.8 Å². The van der Waals surface area contributed by atoms with E-state index in [-0.39, 0.29) is 16.4 Å². The van der Waals surface area contributed by atoms with Crippen LogP contribution in [0.15, 0.2) is 53.3 Å². The number of fused-ring (bicyclic) bond motifs is 5. The Balaban J connectivity index is 1.83. The van der Waals surface area contributed by atoms with Crippen molar-refractivity contribution in [3.05, 3.63) is 86.8 Å². The van der Waals surface area contributed by atoms with Gasteiger partial charge in [0.1, 0.15) is 0 Å². The zero-order valence-corrected chi connectivity index (χ0v) is 18.1. The maximum atomic E-state index is 13.9. The van der Waals surface area contributed by atoms with Crippen molar-refractivity contribution in [1.82, 2.24) is 9.36 Å². The third-order valence-corrected chi connectivity index (χ3v) is 8.25. The molecule has 3 nitrogen and oxygen atoms in total. The average Bonchev–Trinajstić information content (AvgIpc) is 3.17. The summed E-state index contributed by atoms with van der Waals surface area (Å²) in [6.07, 6.45) is 2.27. The van der Waals surface area contributed by atoms with Crippen LogP contribution in [0.1, 0.15) is 67.5 Å². The van der Waals surface area contributed by atoms with Crippen LogP contribution in [0.5, 0.6) is 0 Å². The number of rotatable bonds is 3. The van der Waals surface area contributed by atoms with Gasteiger partial charge in [-0.15, -0.1) is 0 Å². The van der Waals surface area contributed by atoms with Crippen LogP contribution in [0.4, 0.5) is 0 Å². The minimum absolute atomic E-state index is 0.0317. The molecule has 1 aromatic heterocycles. The van der Waals surface area contributed by atoms with Crippen LogP contribution < -0.4 is 5.56 Å². The van der Waals surface area contributed by atoms with Gasteiger partial charge in [0, 0.05) is 11.0 Å². The molecule has 0 radical (unpaired) electrons. The van der Waals surface area contributed by atoms with Crippen molar-refractivity contribution < 1.29 is 0 Å². The normalized spacial score (nSPS) is 24.1. The second kappa shape index (κ2) is 5.98. The van der Waals surface area contributed by atoms with Crippen molar-refractivity contribution in [2.75, 3.05) is 0 Å². The Hall–Kier alpha value is -2.55. The summed E-state index contributed by atoms with van der Waals surface area (Å²) in [4.78, 5) is 13.9. The number of benzene rings is 2. The SMILES string of the molecule is Cc1cccc(-n2c(=O)c3c(n2Cc2ccccc2)[C@@]2(C)CC[C@@H]3C2(C)C)c1C. The third kappa shape index (κ3) is 2.27. The molecule has 29 heavy (non-hydrogen) atoms. The van der Waals surface area contributed by atoms with E-state index in [1.165, 1.54) is 22.4 Å². The number of nitrogens with zero attached hydrogens (tertiary/aromatic N) is 2. The lowest BCUT2D eigenvalue weighted by Crippen LogP contribution is -2.36. The largest absolute Gasteiger partial charge is 0.277 e. The Labute approximate surface area is 173 Å². The molecule has 5 rings (SSSR count). The molecule has 2 aliphatic carbocycles. The Bertz CT molecular complexity index is 1170. The van der Waals surface area contributed by atoms with E-state index in [9.17, 15) is 4.79 Å². The zero-order chi connectivity index (χ0) is 20.6. The molecule has 1 saturated carbocycles. The molecule has 0 spiro atoms. The van der Waals surface area contributed by atoms with Crippen molar-refractivity contribution >= 4 is 0 Å². The monoisotopic (exact) mass is 386 g/mol. The molecule has 3 heteroatoms. The summed E-state index contributed by atoms with van der Waals surface area (Å²) in [7, 11) is 0. The van der Waals surface area contributed by atoms with Crippen LogP contribution in [0, 0.1) is 19.3 Å². The van der Waals surface area contributed by atoms with Gasteiger partial charge in [-0.3, -0.25) is 9.48 Å². The van der Waals surface area contributed by atoms with Crippen LogP contribution >= 0.6 is 0 Å². The van der Waals surface area contributed by atoms with E-state index in [0.29, 0.717) is 5.92 Å². The fourth-order valence-electron chi connectivity index (χ4n) is 6.00. The first-order valence-corrected chi connectivity index (χ1v) is 10.7. The Morgan fingerprint density at radius 2 is 1.72 bits per heavy atom. The van der Waals surface area contributed by atoms with Gasteiger partial charge in [-0.1, -0.05) is 63.2 Å². The Kier molecular flexibility index (Phi) is 3.81. The smallest absolute Gasteiger partial charge is 0.275 e. The predicted molar refractivity (Wildman–Crippen MR) is 118 cm³/mol. The average molecular weight is 387 g/mol. The van der Waals surface area contributed by atoms with Crippen LogP contribution in [0.2, 0.25) is 0 Å². The van der Waals surface area contributed by atoms with Gasteiger partial charge in [0.2, 0.25) is 0 Å². The molecule has 2 bridgehead atoms. The second-order valence-corrected chi connectivity index (χ2v) is 9.79. The molecule has 0 aliphatic heterocycles. The van der Waals surface area contributed by atoms with Crippen LogP contribution in [0.3, 0.4) is 0 Å². The van der Waals surface area contributed by atoms with E-state index in [1.54, 1.807) is 0 Å². The minimum atomic E-state index is 0.0317. The molecule has 0 N–H and O–H groups in total. The van der Waals surface area contributed by atoms with Gasteiger partial charge in [0.25, 0.3) is 5.56 Å². The molecule has 0 unspecified atom stereocenters. The van der Waals surface area contributed by atoms with Crippen molar-refractivity contribution in [1.29, 1.82) is 0 Å². The Morgan fingerprint density at radius 1 is 1.00 bits per heavy atom. The zero-order valence-electron chi connectivity index (χ0n) is 18.1. The van der Waals surface area contributed by atoms with E-state index >= 15 is 0 Å². The summed E-state index contributed by atoms with van der Waals surface area (Å²) in [6.45, 7) is 12.1. The first-order valence-electron chi connectivity index (χ1n) is 10.7. The van der Waals surface area contributed by atoms with Gasteiger partial charge in [-0.25, -0.2) is 4.68 Å². The number of aryl methyl sites for hydroxylation is 1. The predicted octanol–water partition coefficient (Wildman–Crippen LogP) is 5.48. The summed E-state index contributed by atoms with van der Waals surface area (Å²) in [5, 5.41) is 0. The quantitative estimate of drug-likeness (QED) is 0.586. The summed E-state index contributed by atoms with van der Waals surface area (Å²) >= 11 is 0. The van der Waals surface area contributed by atoms with E-state index in [1.807, 2.05) is 10.7 Å². The molecule has 2 aliphatic rings. The third-order valence-electron chi connectivity index (χ3n) is 8.25. The number of aromatic nitrogens is 2. The summed E-state index contributed by atoms with van der Waals surface area (Å²) in [5.74, 6) is 0.350. The molecule has 1 fully saturated rings. The van der Waals surface area contributed by atoms with E-state index in [4.69, 9.17) is 0 Å². The molecule has 1 heterocycles. The standard InChI is InChI=1S/C26H30N2O/c1-17-10-9-13-21(18(17)2)28-24(29)22-20-14-15-26(5,25(20,3)4)23(22)27(28)16-19-11-7-6-8-12-19/h6-13,20H,14-16H2,1-5H3/t20-,26+/m0/s1. The summed E-state index contributed by atoms with van der Waals surface area (Å²) in [5.41, 5.74) is 7.32. The van der Waals surface area contributed by atoms with Crippen LogP contribution in [-0.4, -0.2) is 9.36 Å². The topological polar surface area (TPSA) is 26.9 Å². The first-order chi connectivity index (χ1) is 13.8. The highest BCUT2D eigenvalue weighted by Gasteiger charge is 2.62. The van der Waals surface area contributed by atoms with Gasteiger partial charge >= 0.3 is 0 Å². The van der Waals surface area contributed by atoms with Gasteiger partial charge < -0.3 is 0 Å². The number of hydrogen-bond acceptors (Lipinski definition) is 1. The lowest BCUT2D eigenvalue weighted by atomic mass is 9.70. The molecule has 0 saturated heterocycles. The van der Waals surface area contributed by atoms with E-state index in [0.717, 1.165) is 30.6 Å². The molecule has 150 valence electrons. The van der Waals surface area contributed by atoms with Gasteiger partial charge in [0.15, 0.2) is 0 Å². The van der Waals surface area contributed by atoms with Gasteiger partial charge in [0.05, 0.1) is 17.9 Å². The number of hydrogen-bond donors (Lipinski definition) is 0. The molecule has 2 aromatic carbocycles. The van der Waals surface area contributed by atoms with Crippen molar-refractivity contribution in [2.24, 2.45) is 5.41 Å². The first kappa shape index (κ1) is 18.5. The summed E-state index contributed by atoms with van der Waals surface area (Å²) < 4.78 is 4.28. The lowest BCUT2D eigenvalue weighted by Gasteiger charge is -2.36. The van der Waals surface area contributed by atoms with Crippen molar-refractivity contribution in [3.63, 3.8) is 0 Å². The molecule has 2 atom stereocenters. The summed E-state index contributed by atoms with van der Waals surface area (Å²) in [6, 6.07) is 16.8. The van der Waals surface area contributed by atoms with Crippen molar-refractivity contribution in [2.45, 2.75) is 65.3 Å². The highest BCUT2D eigenvalue weighted by molar-refractivity contribution is 5.50. The highest BCUT2D eigenvalue weighted by Crippen LogP contribution is 2.67. The maximum absolute atomic E-state index is 13.9. The van der Waals surface area contributed by atoms with Crippen LogP contribution in [0.25, 0.3) is 5.69 Å². The maximum Gasteiger partial charge on any atom is 0.275 e. The van der Waals surface area contributed by atoms with Crippen molar-refractivity contribution in [3.8, 4) is 5.69 Å². The molecule has 0 amide bonds. The molecular formula is C26H30N2O. The highest BCUT2D eigenvalue weighted by atomic mass is 16.1. The lowest BCUT2D eigenvalue weighted by molar-refractivity contribution is 0.216. The fourth-order valence-corrected chi connectivity index (χ4v) is 6.00. The van der Waals surface area contributed by atoms with Crippen LogP contribution in [-0.2, 0) is 12.0 Å². The second-order valence-electron chi connectivity index (χ2n) is 9.79. The molecule has 3 aromatic rings. The van der Waals surface area contributed by atoms with Gasteiger partial charge in [-0.2, -0.15) is 0 Å². The van der Waals surface area contributed by atoms with E-state index in [2.05, 4.69) is 81.8 Å². The fraction of sp³-hybridized carbons (Fsp3) is 0.423.